The minimum atomic E-state index is -4.70. The SMILES string of the molecule is Cc1noc(C)c1COc1cccc(C(=O)N(Cc2ccccc2[N+](=O)[O-])CC(F)(F)F)c1. The van der Waals surface area contributed by atoms with Gasteiger partial charge in [-0.05, 0) is 32.0 Å². The van der Waals surface area contributed by atoms with Crippen molar-refractivity contribution in [1.82, 2.24) is 10.1 Å². The van der Waals surface area contributed by atoms with Crippen LogP contribution in [-0.4, -0.2) is 33.6 Å². The van der Waals surface area contributed by atoms with Crippen LogP contribution in [0, 0.1) is 24.0 Å². The summed E-state index contributed by atoms with van der Waals surface area (Å²) in [7, 11) is 0. The first-order valence-electron chi connectivity index (χ1n) is 9.78. The average Bonchev–Trinajstić information content (AvgIpc) is 3.08. The van der Waals surface area contributed by atoms with E-state index in [2.05, 4.69) is 5.16 Å². The van der Waals surface area contributed by atoms with Crippen molar-refractivity contribution < 1.29 is 32.1 Å². The lowest BCUT2D eigenvalue weighted by molar-refractivity contribution is -0.385. The summed E-state index contributed by atoms with van der Waals surface area (Å²) in [6, 6.07) is 11.1. The minimum absolute atomic E-state index is 0.00841. The molecule has 33 heavy (non-hydrogen) atoms. The van der Waals surface area contributed by atoms with E-state index in [1.807, 2.05) is 0 Å². The molecule has 0 saturated heterocycles. The number of nitro benzene ring substituents is 1. The molecule has 174 valence electrons. The van der Waals surface area contributed by atoms with E-state index in [0.717, 1.165) is 5.56 Å². The molecule has 0 bridgehead atoms. The number of aromatic nitrogens is 1. The van der Waals surface area contributed by atoms with Crippen molar-refractivity contribution in [2.45, 2.75) is 33.2 Å². The number of hydrogen-bond acceptors (Lipinski definition) is 6. The predicted octanol–water partition coefficient (Wildman–Crippen LogP) is 4.98. The number of nitro groups is 1. The second-order valence-electron chi connectivity index (χ2n) is 7.28. The molecule has 11 heteroatoms. The van der Waals surface area contributed by atoms with Gasteiger partial charge >= 0.3 is 6.18 Å². The highest BCUT2D eigenvalue weighted by Crippen LogP contribution is 2.25. The maximum Gasteiger partial charge on any atom is 0.406 e. The predicted molar refractivity (Wildman–Crippen MR) is 111 cm³/mol. The number of amides is 1. The second-order valence-corrected chi connectivity index (χ2v) is 7.28. The fourth-order valence-corrected chi connectivity index (χ4v) is 3.21. The van der Waals surface area contributed by atoms with Crippen LogP contribution in [0.1, 0.15) is 32.9 Å². The van der Waals surface area contributed by atoms with Gasteiger partial charge in [0, 0.05) is 17.2 Å². The molecule has 0 unspecified atom stereocenters. The summed E-state index contributed by atoms with van der Waals surface area (Å²) in [5, 5.41) is 15.1. The number of para-hydroxylation sites is 1. The molecule has 3 rings (SSSR count). The van der Waals surface area contributed by atoms with Crippen molar-refractivity contribution in [3.8, 4) is 5.75 Å². The Balaban J connectivity index is 1.84. The van der Waals surface area contributed by atoms with Crippen LogP contribution in [0.25, 0.3) is 0 Å². The van der Waals surface area contributed by atoms with Gasteiger partial charge in [-0.2, -0.15) is 13.2 Å². The van der Waals surface area contributed by atoms with Crippen LogP contribution in [0.3, 0.4) is 0 Å². The van der Waals surface area contributed by atoms with E-state index in [4.69, 9.17) is 9.26 Å². The Kier molecular flexibility index (Phi) is 7.00. The fourth-order valence-electron chi connectivity index (χ4n) is 3.21. The van der Waals surface area contributed by atoms with E-state index in [9.17, 15) is 28.1 Å². The van der Waals surface area contributed by atoms with Crippen molar-refractivity contribution in [1.29, 1.82) is 0 Å². The molecule has 0 radical (unpaired) electrons. The van der Waals surface area contributed by atoms with Gasteiger partial charge in [0.25, 0.3) is 11.6 Å². The monoisotopic (exact) mass is 463 g/mol. The Bertz CT molecular complexity index is 1140. The molecule has 0 saturated carbocycles. The van der Waals surface area contributed by atoms with Gasteiger partial charge in [0.15, 0.2) is 0 Å². The Morgan fingerprint density at radius 3 is 2.55 bits per heavy atom. The Labute approximate surface area is 186 Å². The number of rotatable bonds is 8. The highest BCUT2D eigenvalue weighted by molar-refractivity contribution is 5.94. The highest BCUT2D eigenvalue weighted by Gasteiger charge is 2.34. The Hall–Kier alpha value is -3.89. The standard InChI is InChI=1S/C22H20F3N3O5/c1-14-19(15(2)33-26-14)12-32-18-8-5-7-16(10-18)21(29)27(13-22(23,24)25)11-17-6-3-4-9-20(17)28(30)31/h3-10H,11-13H2,1-2H3. The fraction of sp³-hybridized carbons (Fsp3) is 0.273. The van der Waals surface area contributed by atoms with Gasteiger partial charge in [-0.25, -0.2) is 0 Å². The van der Waals surface area contributed by atoms with Crippen molar-refractivity contribution >= 4 is 11.6 Å². The second kappa shape index (κ2) is 9.72. The third-order valence-electron chi connectivity index (χ3n) is 4.85. The van der Waals surface area contributed by atoms with Crippen LogP contribution in [0.4, 0.5) is 18.9 Å². The van der Waals surface area contributed by atoms with Crippen molar-refractivity contribution in [3.05, 3.63) is 86.8 Å². The third kappa shape index (κ3) is 6.09. The number of carbonyl (C=O) groups is 1. The van der Waals surface area contributed by atoms with Gasteiger partial charge in [-0.3, -0.25) is 14.9 Å². The summed E-state index contributed by atoms with van der Waals surface area (Å²) in [4.78, 5) is 24.0. The number of ether oxygens (including phenoxy) is 1. The first kappa shape index (κ1) is 23.8. The van der Waals surface area contributed by atoms with Gasteiger partial charge < -0.3 is 14.2 Å². The molecule has 0 aliphatic rings. The molecule has 0 aliphatic carbocycles. The molecular weight excluding hydrogens is 443 g/mol. The first-order chi connectivity index (χ1) is 15.5. The van der Waals surface area contributed by atoms with Crippen LogP contribution in [0.15, 0.2) is 53.1 Å². The molecular formula is C22H20F3N3O5. The molecule has 0 N–H and O–H groups in total. The molecule has 0 atom stereocenters. The summed E-state index contributed by atoms with van der Waals surface area (Å²) >= 11 is 0. The quantitative estimate of drug-likeness (QED) is 0.345. The van der Waals surface area contributed by atoms with Crippen LogP contribution in [0.2, 0.25) is 0 Å². The molecule has 0 spiro atoms. The van der Waals surface area contributed by atoms with Crippen LogP contribution < -0.4 is 4.74 Å². The Morgan fingerprint density at radius 2 is 1.91 bits per heavy atom. The van der Waals surface area contributed by atoms with E-state index < -0.39 is 30.1 Å². The van der Waals surface area contributed by atoms with Crippen molar-refractivity contribution in [2.75, 3.05) is 6.54 Å². The average molecular weight is 463 g/mol. The molecule has 1 heterocycles. The maximum absolute atomic E-state index is 13.2. The van der Waals surface area contributed by atoms with Crippen molar-refractivity contribution in [2.24, 2.45) is 0 Å². The highest BCUT2D eigenvalue weighted by atomic mass is 19.4. The van der Waals surface area contributed by atoms with Crippen LogP contribution in [-0.2, 0) is 13.2 Å². The van der Waals surface area contributed by atoms with Crippen LogP contribution >= 0.6 is 0 Å². The zero-order valence-corrected chi connectivity index (χ0v) is 17.8. The zero-order valence-electron chi connectivity index (χ0n) is 17.8. The summed E-state index contributed by atoms with van der Waals surface area (Å²) in [5.41, 5.74) is 0.941. The molecule has 1 aromatic heterocycles. The molecule has 3 aromatic rings. The van der Waals surface area contributed by atoms with Crippen molar-refractivity contribution in [3.63, 3.8) is 0 Å². The molecule has 0 aliphatic heterocycles. The van der Waals surface area contributed by atoms with Gasteiger partial charge in [0.05, 0.1) is 22.7 Å². The van der Waals surface area contributed by atoms with Gasteiger partial charge in [-0.1, -0.05) is 29.4 Å². The molecule has 2 aromatic carbocycles. The zero-order chi connectivity index (χ0) is 24.2. The molecule has 8 nitrogen and oxygen atoms in total. The van der Waals surface area contributed by atoms with E-state index >= 15 is 0 Å². The normalized spacial score (nSPS) is 11.3. The van der Waals surface area contributed by atoms with E-state index in [-0.39, 0.29) is 29.2 Å². The molecule has 0 fully saturated rings. The van der Waals surface area contributed by atoms with E-state index in [1.165, 1.54) is 42.5 Å². The summed E-state index contributed by atoms with van der Waals surface area (Å²) in [6.45, 7) is 1.41. The number of carbonyl (C=O) groups excluding carboxylic acids is 1. The summed E-state index contributed by atoms with van der Waals surface area (Å²) in [5.74, 6) is -0.104. The Morgan fingerprint density at radius 1 is 1.18 bits per heavy atom. The smallest absolute Gasteiger partial charge is 0.406 e. The van der Waals surface area contributed by atoms with E-state index in [1.54, 1.807) is 19.9 Å². The largest absolute Gasteiger partial charge is 0.489 e. The topological polar surface area (TPSA) is 98.7 Å². The van der Waals surface area contributed by atoms with Gasteiger partial charge in [-0.15, -0.1) is 0 Å². The van der Waals surface area contributed by atoms with Crippen LogP contribution in [0.5, 0.6) is 5.75 Å². The lowest BCUT2D eigenvalue weighted by Gasteiger charge is -2.24. The minimum Gasteiger partial charge on any atom is -0.489 e. The summed E-state index contributed by atoms with van der Waals surface area (Å²) in [6.07, 6.45) is -4.70. The lowest BCUT2D eigenvalue weighted by Crippen LogP contribution is -2.38. The number of halogens is 3. The lowest BCUT2D eigenvalue weighted by atomic mass is 10.1. The van der Waals surface area contributed by atoms with E-state index in [0.29, 0.717) is 16.4 Å². The van der Waals surface area contributed by atoms with Gasteiger partial charge in [0.2, 0.25) is 0 Å². The number of alkyl halides is 3. The maximum atomic E-state index is 13.2. The number of nitrogens with zero attached hydrogens (tertiary/aromatic N) is 3. The third-order valence-corrected chi connectivity index (χ3v) is 4.85. The number of hydrogen-bond donors (Lipinski definition) is 0. The summed E-state index contributed by atoms with van der Waals surface area (Å²) < 4.78 is 50.4. The number of aryl methyl sites for hydroxylation is 2. The van der Waals surface area contributed by atoms with Gasteiger partial charge in [0.1, 0.15) is 24.7 Å². The molecule has 1 amide bonds. The first-order valence-corrected chi connectivity index (χ1v) is 9.78. The number of benzene rings is 2.